The Bertz CT molecular complexity index is 503. The van der Waals surface area contributed by atoms with Crippen molar-refractivity contribution < 1.29 is 19.1 Å². The molecule has 2 heterocycles. The standard InChI is InChI=1S/C17H26N2O4/c1-23-15(21)6-5-14(20)19-10-8-17(12-19)7-2-9-18(16(17)22)11-13-3-4-13/h13H,2-12H2,1H3/t17-/m0/s1. The molecule has 1 spiro atoms. The lowest BCUT2D eigenvalue weighted by Gasteiger charge is -2.39. The van der Waals surface area contributed by atoms with Crippen LogP contribution in [0.4, 0.5) is 0 Å². The number of nitrogens with zero attached hydrogens (tertiary/aromatic N) is 2. The third-order valence-electron chi connectivity index (χ3n) is 5.48. The molecule has 6 heteroatoms. The van der Waals surface area contributed by atoms with Gasteiger partial charge < -0.3 is 14.5 Å². The number of hydrogen-bond donors (Lipinski definition) is 0. The van der Waals surface area contributed by atoms with E-state index in [1.54, 1.807) is 4.90 Å². The molecule has 23 heavy (non-hydrogen) atoms. The molecule has 2 amide bonds. The summed E-state index contributed by atoms with van der Waals surface area (Å²) in [6.07, 6.45) is 5.44. The summed E-state index contributed by atoms with van der Waals surface area (Å²) < 4.78 is 4.58. The Morgan fingerprint density at radius 2 is 2.00 bits per heavy atom. The third kappa shape index (κ3) is 3.51. The molecular weight excluding hydrogens is 296 g/mol. The Morgan fingerprint density at radius 1 is 1.22 bits per heavy atom. The van der Waals surface area contributed by atoms with Gasteiger partial charge in [-0.25, -0.2) is 0 Å². The zero-order valence-corrected chi connectivity index (χ0v) is 13.9. The van der Waals surface area contributed by atoms with Crippen molar-refractivity contribution in [3.05, 3.63) is 0 Å². The van der Waals surface area contributed by atoms with Crippen molar-refractivity contribution in [2.75, 3.05) is 33.3 Å². The summed E-state index contributed by atoms with van der Waals surface area (Å²) in [4.78, 5) is 40.1. The average molecular weight is 322 g/mol. The maximum atomic E-state index is 12.9. The fourth-order valence-corrected chi connectivity index (χ4v) is 3.87. The van der Waals surface area contributed by atoms with Crippen LogP contribution in [0.2, 0.25) is 0 Å². The minimum atomic E-state index is -0.367. The van der Waals surface area contributed by atoms with Gasteiger partial charge in [-0.15, -0.1) is 0 Å². The van der Waals surface area contributed by atoms with E-state index in [0.717, 1.165) is 32.4 Å². The van der Waals surface area contributed by atoms with Crippen molar-refractivity contribution in [3.8, 4) is 0 Å². The zero-order chi connectivity index (χ0) is 16.4. The highest BCUT2D eigenvalue weighted by Crippen LogP contribution is 2.41. The summed E-state index contributed by atoms with van der Waals surface area (Å²) in [5, 5.41) is 0. The predicted molar refractivity (Wildman–Crippen MR) is 83.4 cm³/mol. The van der Waals surface area contributed by atoms with E-state index in [-0.39, 0.29) is 36.0 Å². The van der Waals surface area contributed by atoms with E-state index >= 15 is 0 Å². The normalized spacial score (nSPS) is 27.6. The zero-order valence-electron chi connectivity index (χ0n) is 13.9. The first-order valence-electron chi connectivity index (χ1n) is 8.68. The van der Waals surface area contributed by atoms with Gasteiger partial charge in [0.25, 0.3) is 0 Å². The summed E-state index contributed by atoms with van der Waals surface area (Å²) >= 11 is 0. The number of carbonyl (C=O) groups excluding carboxylic acids is 3. The van der Waals surface area contributed by atoms with E-state index in [1.807, 2.05) is 4.90 Å². The molecule has 128 valence electrons. The Balaban J connectivity index is 1.57. The van der Waals surface area contributed by atoms with Crippen LogP contribution >= 0.6 is 0 Å². The lowest BCUT2D eigenvalue weighted by Crippen LogP contribution is -2.50. The number of carbonyl (C=O) groups is 3. The monoisotopic (exact) mass is 322 g/mol. The molecule has 0 aromatic heterocycles. The van der Waals surface area contributed by atoms with Crippen molar-refractivity contribution >= 4 is 17.8 Å². The highest BCUT2D eigenvalue weighted by atomic mass is 16.5. The van der Waals surface area contributed by atoms with Crippen LogP contribution in [0, 0.1) is 11.3 Å². The third-order valence-corrected chi connectivity index (χ3v) is 5.48. The second kappa shape index (κ2) is 6.49. The van der Waals surface area contributed by atoms with Gasteiger partial charge in [0.2, 0.25) is 11.8 Å². The van der Waals surface area contributed by atoms with Crippen LogP contribution in [0.3, 0.4) is 0 Å². The van der Waals surface area contributed by atoms with Gasteiger partial charge in [0.1, 0.15) is 0 Å². The lowest BCUT2D eigenvalue weighted by molar-refractivity contribution is -0.147. The number of methoxy groups -OCH3 is 1. The molecule has 0 bridgehead atoms. The van der Waals surface area contributed by atoms with E-state index in [4.69, 9.17) is 0 Å². The van der Waals surface area contributed by atoms with Gasteiger partial charge >= 0.3 is 5.97 Å². The topological polar surface area (TPSA) is 66.9 Å². The van der Waals surface area contributed by atoms with E-state index in [0.29, 0.717) is 19.0 Å². The minimum absolute atomic E-state index is 0.0422. The van der Waals surface area contributed by atoms with Crippen LogP contribution in [0.25, 0.3) is 0 Å². The number of ether oxygens (including phenoxy) is 1. The Kier molecular flexibility index (Phi) is 4.60. The van der Waals surface area contributed by atoms with Gasteiger partial charge in [0, 0.05) is 32.6 Å². The minimum Gasteiger partial charge on any atom is -0.469 e. The molecule has 6 nitrogen and oxygen atoms in total. The second-order valence-corrected chi connectivity index (χ2v) is 7.22. The molecule has 1 atom stereocenters. The molecule has 2 saturated heterocycles. The van der Waals surface area contributed by atoms with Crippen molar-refractivity contribution in [1.29, 1.82) is 0 Å². The second-order valence-electron chi connectivity index (χ2n) is 7.22. The number of rotatable bonds is 5. The summed E-state index contributed by atoms with van der Waals surface area (Å²) in [6, 6.07) is 0. The quantitative estimate of drug-likeness (QED) is 0.713. The largest absolute Gasteiger partial charge is 0.469 e. The molecule has 0 N–H and O–H groups in total. The molecule has 1 aliphatic carbocycles. The summed E-state index contributed by atoms with van der Waals surface area (Å²) in [6.45, 7) is 2.92. The van der Waals surface area contributed by atoms with Gasteiger partial charge in [-0.1, -0.05) is 0 Å². The molecular formula is C17H26N2O4. The summed E-state index contributed by atoms with van der Waals surface area (Å²) in [5.41, 5.74) is -0.367. The molecule has 3 aliphatic rings. The van der Waals surface area contributed by atoms with Gasteiger partial charge in [-0.3, -0.25) is 14.4 Å². The van der Waals surface area contributed by atoms with E-state index in [2.05, 4.69) is 4.74 Å². The molecule has 2 aliphatic heterocycles. The fraction of sp³-hybridized carbons (Fsp3) is 0.824. The SMILES string of the molecule is COC(=O)CCC(=O)N1CC[C@@]2(CCCN(CC3CC3)C2=O)C1. The van der Waals surface area contributed by atoms with Gasteiger partial charge in [-0.05, 0) is 38.0 Å². The molecule has 0 unspecified atom stereocenters. The first kappa shape index (κ1) is 16.3. The molecule has 0 aromatic rings. The van der Waals surface area contributed by atoms with E-state index in [1.165, 1.54) is 20.0 Å². The van der Waals surface area contributed by atoms with Crippen LogP contribution in [-0.2, 0) is 19.1 Å². The van der Waals surface area contributed by atoms with E-state index in [9.17, 15) is 14.4 Å². The van der Waals surface area contributed by atoms with Crippen LogP contribution in [0.5, 0.6) is 0 Å². The highest BCUT2D eigenvalue weighted by molar-refractivity contribution is 5.87. The molecule has 0 radical (unpaired) electrons. The number of piperidine rings is 1. The van der Waals surface area contributed by atoms with E-state index < -0.39 is 0 Å². The first-order valence-corrected chi connectivity index (χ1v) is 8.68. The first-order chi connectivity index (χ1) is 11.0. The van der Waals surface area contributed by atoms with Crippen molar-refractivity contribution in [3.63, 3.8) is 0 Å². The Morgan fingerprint density at radius 3 is 2.70 bits per heavy atom. The number of likely N-dealkylation sites (tertiary alicyclic amines) is 2. The maximum absolute atomic E-state index is 12.9. The molecule has 1 saturated carbocycles. The maximum Gasteiger partial charge on any atom is 0.306 e. The summed E-state index contributed by atoms with van der Waals surface area (Å²) in [7, 11) is 1.33. The summed E-state index contributed by atoms with van der Waals surface area (Å²) in [5.74, 6) is 0.545. The van der Waals surface area contributed by atoms with Crippen LogP contribution in [0.15, 0.2) is 0 Å². The highest BCUT2D eigenvalue weighted by Gasteiger charge is 2.49. The predicted octanol–water partition coefficient (Wildman–Crippen LogP) is 1.19. The van der Waals surface area contributed by atoms with Crippen LogP contribution in [-0.4, -0.2) is 60.9 Å². The number of hydrogen-bond acceptors (Lipinski definition) is 4. The van der Waals surface area contributed by atoms with Crippen molar-refractivity contribution in [2.24, 2.45) is 11.3 Å². The van der Waals surface area contributed by atoms with Gasteiger partial charge in [0.05, 0.1) is 18.9 Å². The average Bonchev–Trinajstić information content (AvgIpc) is 3.27. The number of amides is 2. The van der Waals surface area contributed by atoms with Gasteiger partial charge in [-0.2, -0.15) is 0 Å². The Hall–Kier alpha value is -1.59. The van der Waals surface area contributed by atoms with Gasteiger partial charge in [0.15, 0.2) is 0 Å². The van der Waals surface area contributed by atoms with Crippen molar-refractivity contribution in [2.45, 2.75) is 44.9 Å². The lowest BCUT2D eigenvalue weighted by atomic mass is 9.78. The molecule has 0 aromatic carbocycles. The fourth-order valence-electron chi connectivity index (χ4n) is 3.87. The number of esters is 1. The Labute approximate surface area is 137 Å². The molecule has 3 fully saturated rings. The van der Waals surface area contributed by atoms with Crippen LogP contribution in [0.1, 0.15) is 44.9 Å². The molecule has 3 rings (SSSR count). The van der Waals surface area contributed by atoms with Crippen LogP contribution < -0.4 is 0 Å². The smallest absolute Gasteiger partial charge is 0.306 e. The van der Waals surface area contributed by atoms with Crippen molar-refractivity contribution in [1.82, 2.24) is 9.80 Å².